The molecular weight excluding hydrogens is 611 g/mol. The zero-order valence-corrected chi connectivity index (χ0v) is 25.4. The van der Waals surface area contributed by atoms with Crippen LogP contribution in [0.25, 0.3) is 32.9 Å². The van der Waals surface area contributed by atoms with Crippen LogP contribution in [-0.4, -0.2) is 92.5 Å². The predicted octanol–water partition coefficient (Wildman–Crippen LogP) is 4.50. The molecule has 0 aliphatic carbocycles. The second-order valence-electron chi connectivity index (χ2n) is 13.1. The number of carbonyl (C=O) groups excluding carboxylic acids is 1. The first-order valence-electron chi connectivity index (χ1n) is 15.8. The number of anilines is 1. The SMILES string of the molecule is C#Cc1c(F)ccc2cc(O)cc(-c3ncc4c(N5CC6CCC(C5)N6C(N)=O)nc(OC[C@@]56CCCN5C[C@H](F)C6)nc4c3F)c12. The number of ether oxygens (including phenoxy) is 1. The molecule has 2 aromatic heterocycles. The molecule has 3 N–H and O–H groups in total. The van der Waals surface area contributed by atoms with Crippen LogP contribution < -0.4 is 15.4 Å². The Morgan fingerprint density at radius 2 is 1.96 bits per heavy atom. The third-order valence-electron chi connectivity index (χ3n) is 10.4. The number of nitrogens with zero attached hydrogens (tertiary/aromatic N) is 6. The Balaban J connectivity index is 1.27. The van der Waals surface area contributed by atoms with Crippen LogP contribution in [0.1, 0.15) is 37.7 Å². The number of hydrogen-bond acceptors (Lipinski definition) is 8. The molecule has 4 aromatic rings. The van der Waals surface area contributed by atoms with E-state index in [-0.39, 0.29) is 58.2 Å². The van der Waals surface area contributed by atoms with E-state index in [2.05, 4.69) is 20.8 Å². The Kier molecular flexibility index (Phi) is 6.84. The number of primary amides is 1. The maximum atomic E-state index is 16.8. The topological polar surface area (TPSA) is 121 Å². The summed E-state index contributed by atoms with van der Waals surface area (Å²) in [6.07, 6.45) is 9.74. The molecule has 47 heavy (non-hydrogen) atoms. The number of urea groups is 1. The van der Waals surface area contributed by atoms with E-state index in [4.69, 9.17) is 21.9 Å². The van der Waals surface area contributed by atoms with Gasteiger partial charge in [0.1, 0.15) is 41.4 Å². The number of hydrogen-bond donors (Lipinski definition) is 2. The monoisotopic (exact) mass is 643 g/mol. The fraction of sp³-hybridized carbons (Fsp3) is 0.412. The lowest BCUT2D eigenvalue weighted by Gasteiger charge is -2.41. The summed E-state index contributed by atoms with van der Waals surface area (Å²) in [5, 5.41) is 11.5. The van der Waals surface area contributed by atoms with Crippen molar-refractivity contribution in [2.75, 3.05) is 37.7 Å². The van der Waals surface area contributed by atoms with E-state index in [9.17, 15) is 18.7 Å². The number of aromatic nitrogens is 3. The summed E-state index contributed by atoms with van der Waals surface area (Å²) in [5.74, 6) is 1.05. The molecule has 8 rings (SSSR count). The molecule has 6 heterocycles. The van der Waals surface area contributed by atoms with Crippen molar-refractivity contribution >= 4 is 33.5 Å². The first-order valence-corrected chi connectivity index (χ1v) is 15.8. The van der Waals surface area contributed by atoms with E-state index in [1.54, 1.807) is 4.90 Å². The molecule has 4 aliphatic rings. The van der Waals surface area contributed by atoms with Crippen molar-refractivity contribution in [3.8, 4) is 35.4 Å². The van der Waals surface area contributed by atoms with E-state index in [0.29, 0.717) is 42.6 Å². The first-order chi connectivity index (χ1) is 22.7. The van der Waals surface area contributed by atoms with E-state index in [0.717, 1.165) is 32.2 Å². The van der Waals surface area contributed by atoms with Crippen molar-refractivity contribution in [3.63, 3.8) is 0 Å². The van der Waals surface area contributed by atoms with Gasteiger partial charge < -0.3 is 25.4 Å². The highest BCUT2D eigenvalue weighted by Crippen LogP contribution is 2.42. The highest BCUT2D eigenvalue weighted by molar-refractivity contribution is 6.03. The van der Waals surface area contributed by atoms with Crippen LogP contribution in [0.2, 0.25) is 0 Å². The predicted molar refractivity (Wildman–Crippen MR) is 169 cm³/mol. The molecule has 0 radical (unpaired) electrons. The van der Waals surface area contributed by atoms with Gasteiger partial charge in [-0.1, -0.05) is 12.0 Å². The van der Waals surface area contributed by atoms with Gasteiger partial charge in [0.25, 0.3) is 0 Å². The third-order valence-corrected chi connectivity index (χ3v) is 10.4. The van der Waals surface area contributed by atoms with Gasteiger partial charge in [0, 0.05) is 43.2 Å². The van der Waals surface area contributed by atoms with Gasteiger partial charge in [0.2, 0.25) is 0 Å². The molecule has 2 aromatic carbocycles. The highest BCUT2D eigenvalue weighted by atomic mass is 19.1. The molecule has 4 aliphatic heterocycles. The fourth-order valence-electron chi connectivity index (χ4n) is 8.35. The minimum absolute atomic E-state index is 0.0760. The minimum Gasteiger partial charge on any atom is -0.508 e. The van der Waals surface area contributed by atoms with Crippen LogP contribution in [0.5, 0.6) is 11.8 Å². The van der Waals surface area contributed by atoms with E-state index >= 15 is 4.39 Å². The summed E-state index contributed by atoms with van der Waals surface area (Å²) in [4.78, 5) is 31.7. The average Bonchev–Trinajstić information content (AvgIpc) is 3.66. The van der Waals surface area contributed by atoms with Gasteiger partial charge in [-0.05, 0) is 55.8 Å². The molecule has 4 saturated heterocycles. The maximum Gasteiger partial charge on any atom is 0.319 e. The number of alkyl halides is 1. The van der Waals surface area contributed by atoms with Gasteiger partial charge in [-0.15, -0.1) is 6.42 Å². The quantitative estimate of drug-likeness (QED) is 0.305. The molecular formula is C34H32F3N7O3. The zero-order chi connectivity index (χ0) is 32.6. The first kappa shape index (κ1) is 29.6. The number of nitrogens with two attached hydrogens (primary N) is 1. The van der Waals surface area contributed by atoms with Crippen LogP contribution in [0.15, 0.2) is 30.5 Å². The number of phenols is 1. The fourth-order valence-corrected chi connectivity index (χ4v) is 8.35. The van der Waals surface area contributed by atoms with Crippen LogP contribution in [-0.2, 0) is 0 Å². The van der Waals surface area contributed by atoms with Gasteiger partial charge in [-0.25, -0.2) is 18.0 Å². The summed E-state index contributed by atoms with van der Waals surface area (Å²) < 4.78 is 52.4. The second-order valence-corrected chi connectivity index (χ2v) is 13.1. The molecule has 0 saturated carbocycles. The number of amides is 2. The number of carbonyl (C=O) groups is 1. The van der Waals surface area contributed by atoms with Crippen LogP contribution >= 0.6 is 0 Å². The van der Waals surface area contributed by atoms with Gasteiger partial charge >= 0.3 is 12.0 Å². The number of fused-ring (bicyclic) bond motifs is 5. The normalized spacial score (nSPS) is 25.4. The molecule has 2 bridgehead atoms. The lowest BCUT2D eigenvalue weighted by Crippen LogP contribution is -2.57. The molecule has 2 unspecified atom stereocenters. The van der Waals surface area contributed by atoms with Crippen molar-refractivity contribution in [1.29, 1.82) is 0 Å². The molecule has 4 fully saturated rings. The van der Waals surface area contributed by atoms with Crippen molar-refractivity contribution < 1.29 is 27.8 Å². The summed E-state index contributed by atoms with van der Waals surface area (Å²) in [5.41, 5.74) is 4.94. The summed E-state index contributed by atoms with van der Waals surface area (Å²) in [6, 6.07) is 4.53. The van der Waals surface area contributed by atoms with Gasteiger partial charge in [-0.3, -0.25) is 9.88 Å². The van der Waals surface area contributed by atoms with E-state index in [1.807, 2.05) is 4.90 Å². The number of halogens is 3. The Bertz CT molecular complexity index is 1990. The number of pyridine rings is 1. The third kappa shape index (κ3) is 4.68. The van der Waals surface area contributed by atoms with Crippen LogP contribution in [0.4, 0.5) is 23.8 Å². The van der Waals surface area contributed by atoms with Gasteiger partial charge in [0.15, 0.2) is 5.82 Å². The maximum absolute atomic E-state index is 16.8. The number of benzene rings is 2. The van der Waals surface area contributed by atoms with Gasteiger partial charge in [-0.2, -0.15) is 9.97 Å². The zero-order valence-electron chi connectivity index (χ0n) is 25.4. The summed E-state index contributed by atoms with van der Waals surface area (Å²) >= 11 is 0. The summed E-state index contributed by atoms with van der Waals surface area (Å²) in [6.45, 7) is 2.10. The molecule has 2 amide bonds. The molecule has 10 nitrogen and oxygen atoms in total. The van der Waals surface area contributed by atoms with Crippen LogP contribution in [0.3, 0.4) is 0 Å². The van der Waals surface area contributed by atoms with Crippen LogP contribution in [0, 0.1) is 24.0 Å². The Hall–Kier alpha value is -4.83. The lowest BCUT2D eigenvalue weighted by atomic mass is 9.95. The standard InChI is InChI=1S/C34H32F3N7O3/c1-2-23-26(36)7-4-18-10-22(45)11-24(27(18)23)29-28(37)30-25(13-39-29)31(42-15-20-5-6-21(16-42)44(20)32(38)46)41-33(40-30)47-17-34-8-3-9-43(34)14-19(35)12-34/h1,4,7,10-11,13,19-21,45H,3,5-6,8-9,12,14-17H2,(H2,38,46)/t19-,20?,21?,34+/m1/s1. The minimum atomic E-state index is -0.954. The lowest BCUT2D eigenvalue weighted by molar-refractivity contribution is 0.107. The molecule has 4 atom stereocenters. The number of aromatic hydroxyl groups is 1. The van der Waals surface area contributed by atoms with Crippen molar-refractivity contribution in [3.05, 3.63) is 47.7 Å². The Labute approximate surface area is 268 Å². The van der Waals surface area contributed by atoms with Crippen molar-refractivity contribution in [1.82, 2.24) is 24.8 Å². The number of piperazine rings is 1. The largest absolute Gasteiger partial charge is 0.508 e. The molecule has 242 valence electrons. The Morgan fingerprint density at radius 3 is 2.70 bits per heavy atom. The van der Waals surface area contributed by atoms with E-state index in [1.165, 1.54) is 30.5 Å². The van der Waals surface area contributed by atoms with Gasteiger partial charge in [0.05, 0.1) is 28.6 Å². The second kappa shape index (κ2) is 10.9. The van der Waals surface area contributed by atoms with Crippen molar-refractivity contribution in [2.24, 2.45) is 5.73 Å². The number of rotatable bonds is 5. The highest BCUT2D eigenvalue weighted by Gasteiger charge is 2.49. The van der Waals surface area contributed by atoms with E-state index < -0.39 is 29.4 Å². The summed E-state index contributed by atoms with van der Waals surface area (Å²) in [7, 11) is 0. The molecule has 0 spiro atoms. The Morgan fingerprint density at radius 1 is 1.17 bits per heavy atom. The number of terminal acetylenes is 1. The van der Waals surface area contributed by atoms with Crippen molar-refractivity contribution in [2.45, 2.75) is 55.9 Å². The smallest absolute Gasteiger partial charge is 0.319 e. The average molecular weight is 644 g/mol. The molecule has 13 heteroatoms. The number of phenolic OH excluding ortho intramolecular Hbond substituents is 1.